The Balaban J connectivity index is 1.67. The van der Waals surface area contributed by atoms with Crippen molar-refractivity contribution >= 4 is 5.76 Å². The van der Waals surface area contributed by atoms with Crippen LogP contribution in [0, 0.1) is 11.6 Å². The normalized spacial score (nSPS) is 22.0. The van der Waals surface area contributed by atoms with Crippen molar-refractivity contribution in [2.24, 2.45) is 0 Å². The first kappa shape index (κ1) is 18.2. The highest BCUT2D eigenvalue weighted by Gasteiger charge is 2.35. The van der Waals surface area contributed by atoms with E-state index in [0.717, 1.165) is 30.5 Å². The summed E-state index contributed by atoms with van der Waals surface area (Å²) >= 11 is 0. The molecule has 1 atom stereocenters. The Labute approximate surface area is 159 Å². The van der Waals surface area contributed by atoms with Gasteiger partial charge in [-0.3, -0.25) is 0 Å². The fourth-order valence-corrected chi connectivity index (χ4v) is 4.13. The summed E-state index contributed by atoms with van der Waals surface area (Å²) in [6.07, 6.45) is 10.2. The van der Waals surface area contributed by atoms with Crippen LogP contribution in [-0.4, -0.2) is 11.1 Å². The van der Waals surface area contributed by atoms with E-state index in [2.05, 4.69) is 12.1 Å². The van der Waals surface area contributed by atoms with Crippen LogP contribution < -0.4 is 0 Å². The maximum Gasteiger partial charge on any atom is 0.155 e. The van der Waals surface area contributed by atoms with Gasteiger partial charge in [-0.2, -0.15) is 0 Å². The molecule has 0 amide bonds. The maximum atomic E-state index is 14.3. The zero-order valence-electron chi connectivity index (χ0n) is 15.4. The van der Waals surface area contributed by atoms with Gasteiger partial charge >= 0.3 is 0 Å². The van der Waals surface area contributed by atoms with Crippen LogP contribution >= 0.6 is 0 Å². The van der Waals surface area contributed by atoms with Crippen LogP contribution in [0.25, 0.3) is 5.76 Å². The van der Waals surface area contributed by atoms with Gasteiger partial charge in [-0.25, -0.2) is 8.78 Å². The van der Waals surface area contributed by atoms with Gasteiger partial charge in [0.15, 0.2) is 5.76 Å². The first-order valence-corrected chi connectivity index (χ1v) is 9.91. The molecule has 0 saturated heterocycles. The Morgan fingerprint density at radius 2 is 1.56 bits per heavy atom. The molecule has 0 N–H and O–H groups in total. The predicted molar refractivity (Wildman–Crippen MR) is 103 cm³/mol. The molecule has 0 spiro atoms. The Bertz CT molecular complexity index is 797. The average Bonchev–Trinajstić information content (AvgIpc) is 3.09. The zero-order chi connectivity index (χ0) is 18.6. The Morgan fingerprint density at radius 3 is 2.30 bits per heavy atom. The molecular weight excluding hydrogens is 344 g/mol. The zero-order valence-corrected chi connectivity index (χ0v) is 15.4. The molecule has 0 aromatic heterocycles. The summed E-state index contributed by atoms with van der Waals surface area (Å²) in [5.74, 6) is -0.520. The van der Waals surface area contributed by atoms with Gasteiger partial charge in [0.25, 0.3) is 0 Å². The third-order valence-corrected chi connectivity index (χ3v) is 5.56. The van der Waals surface area contributed by atoms with Gasteiger partial charge in [0, 0.05) is 6.04 Å². The predicted octanol–water partition coefficient (Wildman–Crippen LogP) is 6.41. The summed E-state index contributed by atoms with van der Waals surface area (Å²) in [7, 11) is 0. The summed E-state index contributed by atoms with van der Waals surface area (Å²) < 4.78 is 28.0. The van der Waals surface area contributed by atoms with Gasteiger partial charge in [0.1, 0.15) is 11.6 Å². The quantitative estimate of drug-likeness (QED) is 0.620. The second-order valence-electron chi connectivity index (χ2n) is 7.46. The molecule has 0 bridgehead atoms. The summed E-state index contributed by atoms with van der Waals surface area (Å²) in [5.41, 5.74) is 1.29. The van der Waals surface area contributed by atoms with Crippen molar-refractivity contribution in [1.29, 1.82) is 0 Å². The number of benzene rings is 2. The SMILES string of the molecule is Fc1ccc(F)c(C2=CC(c3ccccc3)N(C3CCCCCCC3)O2)c1. The van der Waals surface area contributed by atoms with Crippen LogP contribution in [0.5, 0.6) is 0 Å². The van der Waals surface area contributed by atoms with E-state index in [1.807, 2.05) is 29.3 Å². The van der Waals surface area contributed by atoms with Crippen molar-refractivity contribution in [3.63, 3.8) is 0 Å². The lowest BCUT2D eigenvalue weighted by molar-refractivity contribution is -0.133. The van der Waals surface area contributed by atoms with Crippen LogP contribution in [-0.2, 0) is 4.84 Å². The van der Waals surface area contributed by atoms with Crippen molar-refractivity contribution in [3.05, 3.63) is 77.4 Å². The number of rotatable bonds is 3. The van der Waals surface area contributed by atoms with Gasteiger partial charge in [-0.15, -0.1) is 5.06 Å². The van der Waals surface area contributed by atoms with Crippen LogP contribution in [0.1, 0.15) is 62.1 Å². The van der Waals surface area contributed by atoms with Crippen LogP contribution in [0.3, 0.4) is 0 Å². The van der Waals surface area contributed by atoms with Crippen LogP contribution in [0.2, 0.25) is 0 Å². The van der Waals surface area contributed by atoms with E-state index >= 15 is 0 Å². The molecule has 2 aliphatic rings. The topological polar surface area (TPSA) is 12.5 Å². The van der Waals surface area contributed by atoms with Crippen molar-refractivity contribution in [2.45, 2.75) is 57.0 Å². The fourth-order valence-electron chi connectivity index (χ4n) is 4.13. The summed E-state index contributed by atoms with van der Waals surface area (Å²) in [4.78, 5) is 6.17. The molecule has 4 rings (SSSR count). The third-order valence-electron chi connectivity index (χ3n) is 5.56. The number of halogens is 2. The van der Waals surface area contributed by atoms with Crippen LogP contribution in [0.15, 0.2) is 54.6 Å². The van der Waals surface area contributed by atoms with E-state index in [0.29, 0.717) is 5.76 Å². The monoisotopic (exact) mass is 369 g/mol. The van der Waals surface area contributed by atoms with Gasteiger partial charge < -0.3 is 4.84 Å². The lowest BCUT2D eigenvalue weighted by Crippen LogP contribution is -2.35. The molecule has 1 aliphatic heterocycles. The highest BCUT2D eigenvalue weighted by Crippen LogP contribution is 2.40. The lowest BCUT2D eigenvalue weighted by atomic mass is 9.95. The van der Waals surface area contributed by atoms with Crippen molar-refractivity contribution in [3.8, 4) is 0 Å². The highest BCUT2D eigenvalue weighted by atomic mass is 19.1. The Hall–Kier alpha value is -2.20. The first-order chi connectivity index (χ1) is 13.2. The van der Waals surface area contributed by atoms with Gasteiger partial charge in [-0.1, -0.05) is 62.4 Å². The lowest BCUT2D eigenvalue weighted by Gasteiger charge is -2.33. The number of hydroxylamine groups is 2. The molecule has 1 unspecified atom stereocenters. The minimum atomic E-state index is -0.464. The van der Waals surface area contributed by atoms with E-state index in [1.165, 1.54) is 38.2 Å². The van der Waals surface area contributed by atoms with E-state index in [9.17, 15) is 8.78 Å². The van der Waals surface area contributed by atoms with Crippen LogP contribution in [0.4, 0.5) is 8.78 Å². The maximum absolute atomic E-state index is 14.3. The van der Waals surface area contributed by atoms with Gasteiger partial charge in [-0.05, 0) is 42.7 Å². The van der Waals surface area contributed by atoms with E-state index < -0.39 is 11.6 Å². The first-order valence-electron chi connectivity index (χ1n) is 9.91. The number of nitrogens with zero attached hydrogens (tertiary/aromatic N) is 1. The second-order valence-corrected chi connectivity index (χ2v) is 7.46. The average molecular weight is 369 g/mol. The van der Waals surface area contributed by atoms with E-state index in [4.69, 9.17) is 4.84 Å². The smallest absolute Gasteiger partial charge is 0.155 e. The molecule has 2 aromatic rings. The van der Waals surface area contributed by atoms with Crippen molar-refractivity contribution in [2.75, 3.05) is 0 Å². The largest absolute Gasteiger partial charge is 0.404 e. The number of hydrogen-bond acceptors (Lipinski definition) is 2. The molecular formula is C23H25F2NO. The summed E-state index contributed by atoms with van der Waals surface area (Å²) in [5, 5.41) is 2.01. The third kappa shape index (κ3) is 4.06. The minimum absolute atomic E-state index is 0.0895. The van der Waals surface area contributed by atoms with Gasteiger partial charge in [0.2, 0.25) is 0 Å². The fraction of sp³-hybridized carbons (Fsp3) is 0.391. The van der Waals surface area contributed by atoms with E-state index in [-0.39, 0.29) is 17.6 Å². The second kappa shape index (κ2) is 8.22. The van der Waals surface area contributed by atoms with Crippen molar-refractivity contribution < 1.29 is 13.6 Å². The molecule has 0 radical (unpaired) electrons. The van der Waals surface area contributed by atoms with E-state index in [1.54, 1.807) is 0 Å². The molecule has 2 aromatic carbocycles. The summed E-state index contributed by atoms with van der Waals surface area (Å²) in [6.45, 7) is 0. The molecule has 142 valence electrons. The molecule has 1 fully saturated rings. The summed E-state index contributed by atoms with van der Waals surface area (Å²) in [6, 6.07) is 13.8. The molecule has 1 heterocycles. The van der Waals surface area contributed by atoms with Crippen molar-refractivity contribution in [1.82, 2.24) is 5.06 Å². The minimum Gasteiger partial charge on any atom is -0.404 e. The molecule has 1 saturated carbocycles. The highest BCUT2D eigenvalue weighted by molar-refractivity contribution is 5.63. The molecule has 2 nitrogen and oxygen atoms in total. The number of hydrogen-bond donors (Lipinski definition) is 0. The standard InChI is InChI=1S/C23H25F2NO/c24-18-13-14-21(25)20(15-18)23-16-22(17-9-5-4-6-10-17)26(27-23)19-11-7-2-1-3-8-12-19/h4-6,9-10,13-16,19,22H,1-3,7-8,11-12H2. The molecule has 27 heavy (non-hydrogen) atoms. The Morgan fingerprint density at radius 1 is 0.852 bits per heavy atom. The molecule has 1 aliphatic carbocycles. The molecule has 4 heteroatoms. The van der Waals surface area contributed by atoms with Gasteiger partial charge in [0.05, 0.1) is 11.6 Å². The Kier molecular flexibility index (Phi) is 5.53.